The minimum atomic E-state index is -0.409. The molecule has 1 aromatic rings. The van der Waals surface area contributed by atoms with Crippen molar-refractivity contribution in [2.45, 2.75) is 19.9 Å². The van der Waals surface area contributed by atoms with Crippen molar-refractivity contribution in [3.8, 4) is 0 Å². The molecule has 0 aromatic heterocycles. The quantitative estimate of drug-likeness (QED) is 0.459. The van der Waals surface area contributed by atoms with Gasteiger partial charge in [-0.15, -0.1) is 0 Å². The number of rotatable bonds is 6. The first kappa shape index (κ1) is 14.2. The van der Waals surface area contributed by atoms with Crippen molar-refractivity contribution in [2.24, 2.45) is 0 Å². The minimum absolute atomic E-state index is 0.0522. The van der Waals surface area contributed by atoms with Crippen LogP contribution >= 0.6 is 0 Å². The van der Waals surface area contributed by atoms with Crippen LogP contribution in [0.3, 0.4) is 0 Å². The predicted molar refractivity (Wildman–Crippen MR) is 73.8 cm³/mol. The van der Waals surface area contributed by atoms with E-state index in [-0.39, 0.29) is 5.69 Å². The van der Waals surface area contributed by atoms with Crippen LogP contribution in [0.25, 0.3) is 0 Å². The Hall–Kier alpha value is -1.82. The van der Waals surface area contributed by atoms with Gasteiger partial charge in [0, 0.05) is 30.9 Å². The third-order valence-electron chi connectivity index (χ3n) is 2.88. The maximum Gasteiger partial charge on any atom is 0.292 e. The molecule has 0 unspecified atom stereocenters. The van der Waals surface area contributed by atoms with E-state index in [1.165, 1.54) is 12.1 Å². The molecule has 0 aliphatic carbocycles. The zero-order chi connectivity index (χ0) is 13.7. The van der Waals surface area contributed by atoms with E-state index in [1.807, 2.05) is 7.05 Å². The number of nitrogen functional groups attached to an aromatic ring is 1. The molecule has 1 aromatic carbocycles. The van der Waals surface area contributed by atoms with Crippen molar-refractivity contribution in [1.82, 2.24) is 4.90 Å². The maximum atomic E-state index is 10.9. The van der Waals surface area contributed by atoms with Gasteiger partial charge >= 0.3 is 0 Å². The Labute approximate surface area is 107 Å². The molecule has 3 N–H and O–H groups in total. The van der Waals surface area contributed by atoms with Gasteiger partial charge in [-0.2, -0.15) is 0 Å². The minimum Gasteiger partial charge on any atom is -0.399 e. The van der Waals surface area contributed by atoms with Crippen LogP contribution < -0.4 is 11.1 Å². The summed E-state index contributed by atoms with van der Waals surface area (Å²) in [6.45, 7) is 5.65. The molecule has 18 heavy (non-hydrogen) atoms. The van der Waals surface area contributed by atoms with Crippen LogP contribution in [-0.2, 0) is 0 Å². The van der Waals surface area contributed by atoms with Gasteiger partial charge in [0.25, 0.3) is 5.69 Å². The highest BCUT2D eigenvalue weighted by Gasteiger charge is 2.13. The molecule has 0 fully saturated rings. The number of anilines is 2. The van der Waals surface area contributed by atoms with Crippen molar-refractivity contribution in [3.63, 3.8) is 0 Å². The summed E-state index contributed by atoms with van der Waals surface area (Å²) < 4.78 is 0. The zero-order valence-electron chi connectivity index (χ0n) is 11.0. The lowest BCUT2D eigenvalue weighted by Crippen LogP contribution is -2.31. The zero-order valence-corrected chi connectivity index (χ0v) is 11.0. The van der Waals surface area contributed by atoms with E-state index in [2.05, 4.69) is 24.1 Å². The lowest BCUT2D eigenvalue weighted by molar-refractivity contribution is -0.383. The highest BCUT2D eigenvalue weighted by molar-refractivity contribution is 5.67. The molecule has 0 bridgehead atoms. The van der Waals surface area contributed by atoms with Crippen molar-refractivity contribution in [1.29, 1.82) is 0 Å². The summed E-state index contributed by atoms with van der Waals surface area (Å²) >= 11 is 0. The topological polar surface area (TPSA) is 84.4 Å². The van der Waals surface area contributed by atoms with Crippen LogP contribution in [-0.4, -0.2) is 36.0 Å². The Morgan fingerprint density at radius 2 is 2.17 bits per heavy atom. The molecule has 1 rings (SSSR count). The highest BCUT2D eigenvalue weighted by atomic mass is 16.6. The molecule has 0 saturated heterocycles. The van der Waals surface area contributed by atoms with Gasteiger partial charge in [-0.25, -0.2) is 0 Å². The first-order chi connectivity index (χ1) is 8.41. The number of benzene rings is 1. The Kier molecular flexibility index (Phi) is 4.91. The first-order valence-corrected chi connectivity index (χ1v) is 5.90. The summed E-state index contributed by atoms with van der Waals surface area (Å²) in [7, 11) is 2.01. The van der Waals surface area contributed by atoms with E-state index in [0.29, 0.717) is 24.0 Å². The second-order valence-electron chi connectivity index (χ2n) is 4.53. The number of nitro benzene ring substituents is 1. The summed E-state index contributed by atoms with van der Waals surface area (Å²) in [6.07, 6.45) is 0. The lowest BCUT2D eigenvalue weighted by atomic mass is 10.2. The lowest BCUT2D eigenvalue weighted by Gasteiger charge is -2.21. The van der Waals surface area contributed by atoms with E-state index in [1.54, 1.807) is 6.07 Å². The summed E-state index contributed by atoms with van der Waals surface area (Å²) in [5.74, 6) is 0. The molecule has 0 aliphatic heterocycles. The Morgan fingerprint density at radius 3 is 2.72 bits per heavy atom. The second-order valence-corrected chi connectivity index (χ2v) is 4.53. The molecule has 0 atom stereocenters. The van der Waals surface area contributed by atoms with E-state index < -0.39 is 4.92 Å². The number of nitro groups is 1. The average Bonchev–Trinajstić information content (AvgIpc) is 2.28. The fraction of sp³-hybridized carbons (Fsp3) is 0.500. The number of hydrogen-bond donors (Lipinski definition) is 2. The molecule has 100 valence electrons. The molecule has 6 nitrogen and oxygen atoms in total. The summed E-state index contributed by atoms with van der Waals surface area (Å²) in [5, 5.41) is 13.9. The number of nitrogens with one attached hydrogen (secondary N) is 1. The van der Waals surface area contributed by atoms with E-state index in [9.17, 15) is 10.1 Å². The van der Waals surface area contributed by atoms with Gasteiger partial charge in [-0.3, -0.25) is 10.1 Å². The van der Waals surface area contributed by atoms with E-state index >= 15 is 0 Å². The van der Waals surface area contributed by atoms with Gasteiger partial charge < -0.3 is 16.0 Å². The summed E-state index contributed by atoms with van der Waals surface area (Å²) in [5.41, 5.74) is 6.67. The summed E-state index contributed by atoms with van der Waals surface area (Å²) in [4.78, 5) is 12.6. The van der Waals surface area contributed by atoms with Crippen LogP contribution in [0.1, 0.15) is 13.8 Å². The number of nitrogens with two attached hydrogens (primary N) is 1. The van der Waals surface area contributed by atoms with Crippen molar-refractivity contribution < 1.29 is 4.92 Å². The molecule has 0 amide bonds. The monoisotopic (exact) mass is 252 g/mol. The average molecular weight is 252 g/mol. The number of hydrogen-bond acceptors (Lipinski definition) is 5. The SMILES string of the molecule is CC(C)N(C)CCNc1cc(N)ccc1[N+](=O)[O-]. The maximum absolute atomic E-state index is 10.9. The highest BCUT2D eigenvalue weighted by Crippen LogP contribution is 2.26. The predicted octanol–water partition coefficient (Wildman–Crippen LogP) is 1.93. The Balaban J connectivity index is 2.66. The normalized spacial score (nSPS) is 10.9. The molecule has 0 radical (unpaired) electrons. The van der Waals surface area contributed by atoms with Gasteiger partial charge in [0.1, 0.15) is 5.69 Å². The van der Waals surface area contributed by atoms with E-state index in [0.717, 1.165) is 6.54 Å². The number of nitrogens with zero attached hydrogens (tertiary/aromatic N) is 2. The van der Waals surface area contributed by atoms with Crippen molar-refractivity contribution in [2.75, 3.05) is 31.2 Å². The fourth-order valence-corrected chi connectivity index (χ4v) is 1.48. The van der Waals surface area contributed by atoms with Crippen molar-refractivity contribution in [3.05, 3.63) is 28.3 Å². The van der Waals surface area contributed by atoms with E-state index in [4.69, 9.17) is 5.73 Å². The van der Waals surface area contributed by atoms with Gasteiger partial charge in [0.05, 0.1) is 4.92 Å². The van der Waals surface area contributed by atoms with Gasteiger partial charge in [0.2, 0.25) is 0 Å². The second kappa shape index (κ2) is 6.20. The molecule has 0 saturated carbocycles. The molecule has 0 aliphatic rings. The first-order valence-electron chi connectivity index (χ1n) is 5.90. The largest absolute Gasteiger partial charge is 0.399 e. The standard InChI is InChI=1S/C12H20N4O2/c1-9(2)15(3)7-6-14-11-8-10(13)4-5-12(11)16(17)18/h4-5,8-9,14H,6-7,13H2,1-3H3. The molecule has 0 heterocycles. The molecular formula is C12H20N4O2. The molecule has 6 heteroatoms. The smallest absolute Gasteiger partial charge is 0.292 e. The van der Waals surface area contributed by atoms with Crippen LogP contribution in [0, 0.1) is 10.1 Å². The van der Waals surface area contributed by atoms with Crippen LogP contribution in [0.15, 0.2) is 18.2 Å². The van der Waals surface area contributed by atoms with Crippen LogP contribution in [0.2, 0.25) is 0 Å². The van der Waals surface area contributed by atoms with Crippen LogP contribution in [0.4, 0.5) is 17.1 Å². The van der Waals surface area contributed by atoms with Crippen molar-refractivity contribution >= 4 is 17.1 Å². The third kappa shape index (κ3) is 3.89. The molecule has 0 spiro atoms. The third-order valence-corrected chi connectivity index (χ3v) is 2.88. The van der Waals surface area contributed by atoms with Gasteiger partial charge in [0.15, 0.2) is 0 Å². The Bertz CT molecular complexity index is 421. The molecular weight excluding hydrogens is 232 g/mol. The van der Waals surface area contributed by atoms with Crippen LogP contribution in [0.5, 0.6) is 0 Å². The van der Waals surface area contributed by atoms with Gasteiger partial charge in [-0.05, 0) is 33.0 Å². The fourth-order valence-electron chi connectivity index (χ4n) is 1.48. The Morgan fingerprint density at radius 1 is 1.50 bits per heavy atom. The number of likely N-dealkylation sites (N-methyl/N-ethyl adjacent to an activating group) is 1. The summed E-state index contributed by atoms with van der Waals surface area (Å²) in [6, 6.07) is 4.99. The van der Waals surface area contributed by atoms with Gasteiger partial charge in [-0.1, -0.05) is 0 Å².